The molecule has 3 heterocycles. The van der Waals surface area contributed by atoms with Gasteiger partial charge in [0.1, 0.15) is 5.76 Å². The van der Waals surface area contributed by atoms with E-state index in [4.69, 9.17) is 13.8 Å². The van der Waals surface area contributed by atoms with E-state index < -0.39 is 10.2 Å². The number of nitrogens with one attached hydrogen (secondary N) is 1. The molecule has 1 saturated heterocycles. The van der Waals surface area contributed by atoms with Gasteiger partial charge in [-0.1, -0.05) is 10.3 Å². The van der Waals surface area contributed by atoms with Gasteiger partial charge in [0.2, 0.25) is 11.7 Å². The average Bonchev–Trinajstić information content (AvgIpc) is 3.14. The van der Waals surface area contributed by atoms with Crippen LogP contribution in [0.25, 0.3) is 11.5 Å². The van der Waals surface area contributed by atoms with Crippen molar-refractivity contribution in [2.75, 3.05) is 26.3 Å². The Morgan fingerprint density at radius 2 is 2.00 bits per heavy atom. The molecule has 1 aliphatic heterocycles. The standard InChI is InChI=1S/C13H17N5O5S/c19-24(20,18-3-5-21-6-4-18)14-8-12-15-13(17-23-12)10-7-11(22-16-10)9-1-2-9/h7,9,14H,1-6,8H2. The minimum absolute atomic E-state index is 0.0833. The van der Waals surface area contributed by atoms with Crippen LogP contribution in [0.5, 0.6) is 0 Å². The van der Waals surface area contributed by atoms with E-state index in [0.717, 1.165) is 18.6 Å². The Morgan fingerprint density at radius 3 is 2.75 bits per heavy atom. The van der Waals surface area contributed by atoms with E-state index in [-0.39, 0.29) is 18.3 Å². The Balaban J connectivity index is 1.39. The first kappa shape index (κ1) is 15.7. The minimum Gasteiger partial charge on any atom is -0.379 e. The summed E-state index contributed by atoms with van der Waals surface area (Å²) in [5.41, 5.74) is 0.489. The van der Waals surface area contributed by atoms with Crippen LogP contribution in [0.1, 0.15) is 30.4 Å². The highest BCUT2D eigenvalue weighted by Gasteiger charge is 2.29. The predicted octanol–water partition coefficient (Wildman–Crippen LogP) is 0.269. The fraction of sp³-hybridized carbons (Fsp3) is 0.615. The second-order valence-electron chi connectivity index (χ2n) is 5.74. The number of hydrogen-bond acceptors (Lipinski definition) is 8. The van der Waals surface area contributed by atoms with Gasteiger partial charge in [0.15, 0.2) is 5.69 Å². The molecule has 11 heteroatoms. The van der Waals surface area contributed by atoms with Gasteiger partial charge >= 0.3 is 0 Å². The molecular formula is C13H17N5O5S. The number of ether oxygens (including phenoxy) is 1. The molecule has 0 spiro atoms. The van der Waals surface area contributed by atoms with Crippen LogP contribution in [0.15, 0.2) is 15.1 Å². The summed E-state index contributed by atoms with van der Waals surface area (Å²) in [6.07, 6.45) is 2.21. The molecule has 1 aliphatic carbocycles. The van der Waals surface area contributed by atoms with Gasteiger partial charge in [-0.3, -0.25) is 0 Å². The molecule has 1 saturated carbocycles. The zero-order valence-electron chi connectivity index (χ0n) is 12.8. The van der Waals surface area contributed by atoms with Crippen molar-refractivity contribution in [3.63, 3.8) is 0 Å². The van der Waals surface area contributed by atoms with Crippen molar-refractivity contribution >= 4 is 10.2 Å². The summed E-state index contributed by atoms with van der Waals surface area (Å²) in [5, 5.41) is 7.74. The van der Waals surface area contributed by atoms with Gasteiger partial charge in [0.25, 0.3) is 10.2 Å². The molecule has 10 nitrogen and oxygen atoms in total. The smallest absolute Gasteiger partial charge is 0.280 e. The van der Waals surface area contributed by atoms with Gasteiger partial charge in [-0.15, -0.1) is 0 Å². The maximum atomic E-state index is 12.2. The van der Waals surface area contributed by atoms with Crippen LogP contribution >= 0.6 is 0 Å². The fourth-order valence-corrected chi connectivity index (χ4v) is 3.54. The number of nitrogens with zero attached hydrogens (tertiary/aromatic N) is 4. The molecular weight excluding hydrogens is 338 g/mol. The van der Waals surface area contributed by atoms with Crippen molar-refractivity contribution in [3.8, 4) is 11.5 Å². The number of hydrogen-bond donors (Lipinski definition) is 1. The number of rotatable bonds is 6. The van der Waals surface area contributed by atoms with Crippen LogP contribution in [0.4, 0.5) is 0 Å². The Kier molecular flexibility index (Phi) is 4.08. The molecule has 2 aromatic heterocycles. The molecule has 130 valence electrons. The topological polar surface area (TPSA) is 124 Å². The maximum absolute atomic E-state index is 12.2. The van der Waals surface area contributed by atoms with Crippen LogP contribution in [0, 0.1) is 0 Å². The highest BCUT2D eigenvalue weighted by Crippen LogP contribution is 2.40. The highest BCUT2D eigenvalue weighted by atomic mass is 32.2. The number of morpholine rings is 1. The minimum atomic E-state index is -3.59. The summed E-state index contributed by atoms with van der Waals surface area (Å²) in [4.78, 5) is 4.15. The molecule has 0 amide bonds. The summed E-state index contributed by atoms with van der Waals surface area (Å²) >= 11 is 0. The Hall–Kier alpha value is -1.82. The maximum Gasteiger partial charge on any atom is 0.280 e. The molecule has 2 fully saturated rings. The Labute approximate surface area is 138 Å². The van der Waals surface area contributed by atoms with E-state index in [9.17, 15) is 8.42 Å². The summed E-state index contributed by atoms with van der Waals surface area (Å²) in [7, 11) is -3.59. The molecule has 0 aromatic carbocycles. The fourth-order valence-electron chi connectivity index (χ4n) is 2.42. The molecule has 2 aliphatic rings. The molecule has 0 unspecified atom stereocenters. The van der Waals surface area contributed by atoms with Crippen LogP contribution in [-0.2, 0) is 21.5 Å². The van der Waals surface area contributed by atoms with Gasteiger partial charge in [-0.25, -0.2) is 0 Å². The zero-order chi connectivity index (χ0) is 16.6. The van der Waals surface area contributed by atoms with Crippen molar-refractivity contribution in [2.45, 2.75) is 25.3 Å². The first-order valence-electron chi connectivity index (χ1n) is 7.74. The second kappa shape index (κ2) is 6.24. The monoisotopic (exact) mass is 355 g/mol. The predicted molar refractivity (Wildman–Crippen MR) is 79.9 cm³/mol. The van der Waals surface area contributed by atoms with Crippen molar-refractivity contribution < 1.29 is 22.2 Å². The molecule has 0 radical (unpaired) electrons. The second-order valence-corrected chi connectivity index (χ2v) is 7.49. The van der Waals surface area contributed by atoms with Crippen molar-refractivity contribution in [3.05, 3.63) is 17.7 Å². The highest BCUT2D eigenvalue weighted by molar-refractivity contribution is 7.87. The molecule has 1 N–H and O–H groups in total. The van der Waals surface area contributed by atoms with E-state index in [2.05, 4.69) is 20.0 Å². The average molecular weight is 355 g/mol. The quantitative estimate of drug-likeness (QED) is 0.783. The third-order valence-corrected chi connectivity index (χ3v) is 5.48. The normalized spacial score (nSPS) is 19.7. The van der Waals surface area contributed by atoms with Crippen LogP contribution < -0.4 is 4.72 Å². The Morgan fingerprint density at radius 1 is 1.21 bits per heavy atom. The third kappa shape index (κ3) is 3.34. The van der Waals surface area contributed by atoms with Crippen molar-refractivity contribution in [2.24, 2.45) is 0 Å². The lowest BCUT2D eigenvalue weighted by molar-refractivity contribution is 0.0724. The van der Waals surface area contributed by atoms with Gasteiger partial charge in [0, 0.05) is 25.1 Å². The SMILES string of the molecule is O=S(=O)(NCc1nc(-c2cc(C3CC3)on2)no1)N1CCOCC1. The largest absolute Gasteiger partial charge is 0.379 e. The summed E-state index contributed by atoms with van der Waals surface area (Å²) in [6.45, 7) is 1.35. The summed E-state index contributed by atoms with van der Waals surface area (Å²) in [6, 6.07) is 1.80. The van der Waals surface area contributed by atoms with E-state index in [0.29, 0.717) is 37.9 Å². The zero-order valence-corrected chi connectivity index (χ0v) is 13.7. The van der Waals surface area contributed by atoms with Gasteiger partial charge in [-0.2, -0.15) is 22.4 Å². The van der Waals surface area contributed by atoms with Crippen LogP contribution in [0.2, 0.25) is 0 Å². The van der Waals surface area contributed by atoms with Crippen LogP contribution in [0.3, 0.4) is 0 Å². The summed E-state index contributed by atoms with van der Waals surface area (Å²) < 4.78 is 43.6. The molecule has 24 heavy (non-hydrogen) atoms. The lowest BCUT2D eigenvalue weighted by Crippen LogP contribution is -2.46. The first-order valence-corrected chi connectivity index (χ1v) is 9.18. The van der Waals surface area contributed by atoms with Crippen molar-refractivity contribution in [1.82, 2.24) is 24.3 Å². The lowest BCUT2D eigenvalue weighted by atomic mass is 10.3. The first-order chi connectivity index (χ1) is 11.6. The lowest BCUT2D eigenvalue weighted by Gasteiger charge is -2.25. The van der Waals surface area contributed by atoms with E-state index >= 15 is 0 Å². The molecule has 0 atom stereocenters. The molecule has 4 rings (SSSR count). The molecule has 0 bridgehead atoms. The Bertz CT molecular complexity index is 806. The number of aromatic nitrogens is 3. The van der Waals surface area contributed by atoms with Gasteiger partial charge < -0.3 is 13.8 Å². The van der Waals surface area contributed by atoms with Crippen molar-refractivity contribution in [1.29, 1.82) is 0 Å². The van der Waals surface area contributed by atoms with Crippen LogP contribution in [-0.4, -0.2) is 54.3 Å². The van der Waals surface area contributed by atoms with Gasteiger partial charge in [0.05, 0.1) is 19.8 Å². The van der Waals surface area contributed by atoms with E-state index in [1.807, 2.05) is 0 Å². The molecule has 2 aromatic rings. The summed E-state index contributed by atoms with van der Waals surface area (Å²) in [5.74, 6) is 1.71. The van der Waals surface area contributed by atoms with Gasteiger partial charge in [-0.05, 0) is 12.8 Å². The van der Waals surface area contributed by atoms with E-state index in [1.165, 1.54) is 4.31 Å². The third-order valence-electron chi connectivity index (χ3n) is 3.92. The van der Waals surface area contributed by atoms with E-state index in [1.54, 1.807) is 6.07 Å².